The molecule has 0 saturated carbocycles. The van der Waals surface area contributed by atoms with Crippen LogP contribution in [0.1, 0.15) is 30.1 Å². The van der Waals surface area contributed by atoms with Crippen LogP contribution in [-0.4, -0.2) is 16.8 Å². The minimum Gasteiger partial charge on any atom is -0.335 e. The minimum atomic E-state index is -0.990. The van der Waals surface area contributed by atoms with E-state index < -0.39 is 22.9 Å². The number of hydrogen-bond acceptors (Lipinski definition) is 5. The van der Waals surface area contributed by atoms with Gasteiger partial charge in [-0.2, -0.15) is 0 Å². The molecule has 4 rings (SSSR count). The van der Waals surface area contributed by atoms with E-state index in [2.05, 4.69) is 0 Å². The summed E-state index contributed by atoms with van der Waals surface area (Å²) < 4.78 is 12.2. The number of fused-ring (bicyclic) bond motifs is 2. The highest BCUT2D eigenvalue weighted by Gasteiger charge is 2.55. The van der Waals surface area contributed by atoms with Gasteiger partial charge in [-0.05, 0) is 29.8 Å². The molecule has 2 aliphatic rings. The van der Waals surface area contributed by atoms with Crippen LogP contribution in [0.3, 0.4) is 0 Å². The van der Waals surface area contributed by atoms with Crippen molar-refractivity contribution >= 4 is 23.1 Å². The molecular formula is C18H14ClNO5. The molecule has 2 bridgehead atoms. The van der Waals surface area contributed by atoms with Crippen LogP contribution < -0.4 is 0 Å². The number of rotatable bonds is 3. The first-order valence-corrected chi connectivity index (χ1v) is 8.25. The van der Waals surface area contributed by atoms with Gasteiger partial charge in [0.05, 0.1) is 4.92 Å². The number of benzene rings is 2. The van der Waals surface area contributed by atoms with Gasteiger partial charge in [-0.25, -0.2) is 0 Å². The molecule has 0 amide bonds. The number of ether oxygens (including phenoxy) is 2. The average molecular weight is 360 g/mol. The number of Topliss-reactive ketones (excluding diaryl/α,β-unsaturated/α-hetero) is 1. The summed E-state index contributed by atoms with van der Waals surface area (Å²) in [6.45, 7) is 0. The number of nitrogens with zero attached hydrogens (tertiary/aromatic N) is 1. The third kappa shape index (κ3) is 2.72. The Morgan fingerprint density at radius 2 is 1.68 bits per heavy atom. The second-order valence-electron chi connectivity index (χ2n) is 6.15. The van der Waals surface area contributed by atoms with E-state index >= 15 is 0 Å². The number of hydrogen-bond donors (Lipinski definition) is 0. The molecule has 2 saturated heterocycles. The Labute approximate surface area is 148 Å². The monoisotopic (exact) mass is 359 g/mol. The van der Waals surface area contributed by atoms with E-state index in [1.165, 1.54) is 12.1 Å². The quantitative estimate of drug-likeness (QED) is 0.613. The van der Waals surface area contributed by atoms with Gasteiger partial charge >= 0.3 is 0 Å². The third-order valence-electron chi connectivity index (χ3n) is 4.64. The predicted molar refractivity (Wildman–Crippen MR) is 89.2 cm³/mol. The maximum Gasteiger partial charge on any atom is 0.269 e. The standard InChI is InChI=1S/C18H14ClNO5/c19-13-5-3-12(4-6-13)18-10-9-15(21)17(25-18)16(24-18)11-1-7-14(8-2-11)20(22)23/h1-8,16-17H,9-10H2/t16-,17-,18-/m0/s1. The molecule has 7 heteroatoms. The Hall–Kier alpha value is -2.28. The van der Waals surface area contributed by atoms with Crippen molar-refractivity contribution in [1.29, 1.82) is 0 Å². The molecule has 0 radical (unpaired) electrons. The van der Waals surface area contributed by atoms with E-state index in [9.17, 15) is 14.9 Å². The summed E-state index contributed by atoms with van der Waals surface area (Å²) in [6.07, 6.45) is -0.526. The Balaban J connectivity index is 1.69. The van der Waals surface area contributed by atoms with Crippen molar-refractivity contribution in [3.8, 4) is 0 Å². The van der Waals surface area contributed by atoms with Gasteiger partial charge in [0.15, 0.2) is 11.6 Å². The molecule has 2 fully saturated rings. The highest BCUT2D eigenvalue weighted by Crippen LogP contribution is 2.51. The lowest BCUT2D eigenvalue weighted by atomic mass is 9.94. The lowest BCUT2D eigenvalue weighted by Crippen LogP contribution is -2.36. The topological polar surface area (TPSA) is 78.7 Å². The molecule has 2 aromatic rings. The molecule has 0 aromatic heterocycles. The molecular weight excluding hydrogens is 346 g/mol. The average Bonchev–Trinajstić information content (AvgIpc) is 2.95. The van der Waals surface area contributed by atoms with E-state index in [0.29, 0.717) is 23.4 Å². The van der Waals surface area contributed by atoms with Gasteiger partial charge < -0.3 is 9.47 Å². The van der Waals surface area contributed by atoms with Crippen molar-refractivity contribution in [3.05, 3.63) is 74.8 Å². The van der Waals surface area contributed by atoms with Crippen LogP contribution >= 0.6 is 11.6 Å². The molecule has 3 atom stereocenters. The van der Waals surface area contributed by atoms with Crippen molar-refractivity contribution in [2.75, 3.05) is 0 Å². The zero-order valence-electron chi connectivity index (χ0n) is 13.1. The van der Waals surface area contributed by atoms with Crippen molar-refractivity contribution < 1.29 is 19.2 Å². The number of carbonyl (C=O) groups excluding carboxylic acids is 1. The number of halogens is 1. The van der Waals surface area contributed by atoms with Crippen LogP contribution in [0.25, 0.3) is 0 Å². The molecule has 25 heavy (non-hydrogen) atoms. The van der Waals surface area contributed by atoms with Gasteiger partial charge in [-0.1, -0.05) is 23.7 Å². The van der Waals surface area contributed by atoms with E-state index in [0.717, 1.165) is 5.56 Å². The molecule has 2 aromatic carbocycles. The van der Waals surface area contributed by atoms with Crippen molar-refractivity contribution in [2.45, 2.75) is 30.8 Å². The van der Waals surface area contributed by atoms with Crippen LogP contribution in [-0.2, 0) is 20.1 Å². The van der Waals surface area contributed by atoms with Gasteiger partial charge in [0.25, 0.3) is 5.69 Å². The first kappa shape index (κ1) is 16.2. The molecule has 2 aliphatic heterocycles. The second kappa shape index (κ2) is 5.91. The molecule has 0 N–H and O–H groups in total. The normalized spacial score (nSPS) is 28.1. The number of nitro benzene ring substituents is 1. The summed E-state index contributed by atoms with van der Waals surface area (Å²) in [5.41, 5.74) is 1.48. The number of carbonyl (C=O) groups is 1. The fourth-order valence-corrected chi connectivity index (χ4v) is 3.48. The summed E-state index contributed by atoms with van der Waals surface area (Å²) in [7, 11) is 0. The lowest BCUT2D eigenvalue weighted by Gasteiger charge is -2.31. The summed E-state index contributed by atoms with van der Waals surface area (Å²) in [6, 6.07) is 13.2. The minimum absolute atomic E-state index is 0.00983. The molecule has 0 unspecified atom stereocenters. The fraction of sp³-hybridized carbons (Fsp3) is 0.278. The lowest BCUT2D eigenvalue weighted by molar-refractivity contribution is -0.384. The summed E-state index contributed by atoms with van der Waals surface area (Å²) in [4.78, 5) is 22.7. The predicted octanol–water partition coefficient (Wildman–Crippen LogP) is 3.92. The van der Waals surface area contributed by atoms with E-state index in [-0.39, 0.29) is 11.5 Å². The van der Waals surface area contributed by atoms with E-state index in [1.54, 1.807) is 24.3 Å². The van der Waals surface area contributed by atoms with Crippen molar-refractivity contribution in [3.63, 3.8) is 0 Å². The Bertz CT molecular complexity index is 836. The summed E-state index contributed by atoms with van der Waals surface area (Å²) >= 11 is 5.95. The highest BCUT2D eigenvalue weighted by atomic mass is 35.5. The molecule has 6 nitrogen and oxygen atoms in total. The molecule has 128 valence electrons. The van der Waals surface area contributed by atoms with Gasteiger partial charge in [0, 0.05) is 35.6 Å². The zero-order chi connectivity index (χ0) is 17.6. The molecule has 0 spiro atoms. The van der Waals surface area contributed by atoms with Gasteiger partial charge in [-0.15, -0.1) is 0 Å². The van der Waals surface area contributed by atoms with Crippen LogP contribution in [0, 0.1) is 10.1 Å². The first-order chi connectivity index (χ1) is 12.0. The first-order valence-electron chi connectivity index (χ1n) is 7.87. The Morgan fingerprint density at radius 3 is 2.32 bits per heavy atom. The smallest absolute Gasteiger partial charge is 0.269 e. The van der Waals surface area contributed by atoms with Crippen LogP contribution in [0.4, 0.5) is 5.69 Å². The highest BCUT2D eigenvalue weighted by molar-refractivity contribution is 6.30. The number of non-ortho nitro benzene ring substituents is 1. The SMILES string of the molecule is O=C1CC[C@@]2(c3ccc(Cl)cc3)O[C@@H]1[C@H](c1ccc([N+](=O)[O-])cc1)O2. The second-order valence-corrected chi connectivity index (χ2v) is 6.59. The number of ketones is 1. The van der Waals surface area contributed by atoms with Crippen LogP contribution in [0.15, 0.2) is 48.5 Å². The Kier molecular flexibility index (Phi) is 3.83. The maximum absolute atomic E-state index is 12.3. The largest absolute Gasteiger partial charge is 0.335 e. The van der Waals surface area contributed by atoms with Gasteiger partial charge in [0.2, 0.25) is 0 Å². The van der Waals surface area contributed by atoms with E-state index in [4.69, 9.17) is 21.1 Å². The third-order valence-corrected chi connectivity index (χ3v) is 4.90. The van der Waals surface area contributed by atoms with Crippen LogP contribution in [0.2, 0.25) is 5.02 Å². The van der Waals surface area contributed by atoms with Gasteiger partial charge in [-0.3, -0.25) is 14.9 Å². The van der Waals surface area contributed by atoms with Crippen molar-refractivity contribution in [2.24, 2.45) is 0 Å². The Morgan fingerprint density at radius 1 is 1.04 bits per heavy atom. The fourth-order valence-electron chi connectivity index (χ4n) is 3.36. The van der Waals surface area contributed by atoms with Crippen molar-refractivity contribution in [1.82, 2.24) is 0 Å². The van der Waals surface area contributed by atoms with Gasteiger partial charge in [0.1, 0.15) is 12.2 Å². The summed E-state index contributed by atoms with van der Waals surface area (Å²) in [5, 5.41) is 11.4. The molecule has 0 aliphatic carbocycles. The zero-order valence-corrected chi connectivity index (χ0v) is 13.8. The number of nitro groups is 1. The van der Waals surface area contributed by atoms with E-state index in [1.807, 2.05) is 12.1 Å². The summed E-state index contributed by atoms with van der Waals surface area (Å²) in [5.74, 6) is -1.01. The maximum atomic E-state index is 12.3. The van der Waals surface area contributed by atoms with Crippen LogP contribution in [0.5, 0.6) is 0 Å². The molecule has 2 heterocycles.